The van der Waals surface area contributed by atoms with Crippen LogP contribution >= 0.6 is 0 Å². The van der Waals surface area contributed by atoms with Crippen LogP contribution in [0, 0.1) is 17.8 Å². The fourth-order valence-electron chi connectivity index (χ4n) is 3.61. The third kappa shape index (κ3) is 1.71. The molecule has 0 bridgehead atoms. The fraction of sp³-hybridized carbons (Fsp3) is 0.500. The fourth-order valence-corrected chi connectivity index (χ4v) is 3.61. The molecule has 4 heteroatoms. The summed E-state index contributed by atoms with van der Waals surface area (Å²) in [6, 6.07) is 7.91. The lowest BCUT2D eigenvalue weighted by Gasteiger charge is -2.31. The largest absolute Gasteiger partial charge is 0.391 e. The number of rotatable bonds is 2. The molecule has 1 heterocycles. The predicted molar refractivity (Wildman–Crippen MR) is 71.7 cm³/mol. The van der Waals surface area contributed by atoms with E-state index in [9.17, 15) is 14.7 Å². The second-order valence-corrected chi connectivity index (χ2v) is 6.13. The maximum absolute atomic E-state index is 12.1. The van der Waals surface area contributed by atoms with Crippen molar-refractivity contribution in [3.8, 4) is 0 Å². The van der Waals surface area contributed by atoms with Crippen molar-refractivity contribution in [1.82, 2.24) is 0 Å². The average molecular weight is 274 g/mol. The van der Waals surface area contributed by atoms with Gasteiger partial charge < -0.3 is 9.84 Å². The molecule has 1 fully saturated rings. The van der Waals surface area contributed by atoms with Gasteiger partial charge in [-0.1, -0.05) is 38.1 Å². The number of carbonyl (C=O) groups excluding carboxylic acids is 2. The Balaban J connectivity index is 1.97. The first-order valence-corrected chi connectivity index (χ1v) is 7.00. The van der Waals surface area contributed by atoms with E-state index in [1.165, 1.54) is 0 Å². The van der Waals surface area contributed by atoms with Gasteiger partial charge in [0.2, 0.25) is 0 Å². The summed E-state index contributed by atoms with van der Waals surface area (Å²) < 4.78 is 4.73. The lowest BCUT2D eigenvalue weighted by molar-refractivity contribution is -0.162. The van der Waals surface area contributed by atoms with Gasteiger partial charge in [0, 0.05) is 5.92 Å². The molecule has 3 rings (SSSR count). The quantitative estimate of drug-likeness (QED) is 0.655. The summed E-state index contributed by atoms with van der Waals surface area (Å²) in [6.45, 7) is 3.66. The van der Waals surface area contributed by atoms with E-state index in [0.717, 1.165) is 11.1 Å². The van der Waals surface area contributed by atoms with Gasteiger partial charge in [-0.05, 0) is 29.9 Å². The summed E-state index contributed by atoms with van der Waals surface area (Å²) in [5.74, 6) is -2.56. The van der Waals surface area contributed by atoms with Gasteiger partial charge in [-0.15, -0.1) is 0 Å². The minimum atomic E-state index is -1.69. The Hall–Kier alpha value is -1.68. The molecule has 1 aliphatic carbocycles. The molecule has 1 aliphatic heterocycles. The zero-order valence-electron chi connectivity index (χ0n) is 11.6. The van der Waals surface area contributed by atoms with Crippen LogP contribution in [0.1, 0.15) is 25.0 Å². The minimum absolute atomic E-state index is 0.136. The highest BCUT2D eigenvalue weighted by Crippen LogP contribution is 2.44. The third-order valence-corrected chi connectivity index (χ3v) is 4.59. The predicted octanol–water partition coefficient (Wildman–Crippen LogP) is 1.49. The molecular formula is C16H18O4. The van der Waals surface area contributed by atoms with Crippen LogP contribution in [0.2, 0.25) is 0 Å². The van der Waals surface area contributed by atoms with Crippen LogP contribution < -0.4 is 0 Å². The molecule has 1 aromatic carbocycles. The van der Waals surface area contributed by atoms with E-state index in [4.69, 9.17) is 4.74 Å². The Kier molecular flexibility index (Phi) is 2.94. The van der Waals surface area contributed by atoms with Gasteiger partial charge >= 0.3 is 11.9 Å². The number of cyclic esters (lactones) is 2. The molecule has 2 aliphatic rings. The molecule has 4 nitrogen and oxygen atoms in total. The summed E-state index contributed by atoms with van der Waals surface area (Å²) >= 11 is 0. The van der Waals surface area contributed by atoms with E-state index in [0.29, 0.717) is 12.8 Å². The molecule has 1 saturated heterocycles. The van der Waals surface area contributed by atoms with Gasteiger partial charge in [-0.25, -0.2) is 4.79 Å². The maximum atomic E-state index is 12.1. The Morgan fingerprint density at radius 3 is 2.25 bits per heavy atom. The maximum Gasteiger partial charge on any atom is 0.347 e. The summed E-state index contributed by atoms with van der Waals surface area (Å²) in [7, 11) is 0. The lowest BCUT2D eigenvalue weighted by Crippen LogP contribution is -2.50. The number of carbonyl (C=O) groups is 2. The first kappa shape index (κ1) is 13.3. The van der Waals surface area contributed by atoms with Crippen molar-refractivity contribution >= 4 is 11.9 Å². The Bertz CT molecular complexity index is 553. The van der Waals surface area contributed by atoms with Gasteiger partial charge in [0.05, 0.1) is 5.92 Å². The van der Waals surface area contributed by atoms with E-state index in [1.54, 1.807) is 0 Å². The number of esters is 2. The molecule has 2 atom stereocenters. The molecule has 0 radical (unpaired) electrons. The number of benzene rings is 1. The van der Waals surface area contributed by atoms with Crippen LogP contribution in [0.3, 0.4) is 0 Å². The molecule has 20 heavy (non-hydrogen) atoms. The van der Waals surface area contributed by atoms with E-state index in [2.05, 4.69) is 0 Å². The molecule has 0 saturated carbocycles. The van der Waals surface area contributed by atoms with E-state index >= 15 is 0 Å². The van der Waals surface area contributed by atoms with Gasteiger partial charge in [0.15, 0.2) is 5.60 Å². The summed E-state index contributed by atoms with van der Waals surface area (Å²) in [4.78, 5) is 23.9. The van der Waals surface area contributed by atoms with Gasteiger partial charge in [-0.3, -0.25) is 4.79 Å². The first-order valence-electron chi connectivity index (χ1n) is 7.00. The summed E-state index contributed by atoms with van der Waals surface area (Å²) in [6.07, 6.45) is 1.22. The van der Waals surface area contributed by atoms with Crippen molar-refractivity contribution in [2.75, 3.05) is 0 Å². The molecule has 0 amide bonds. The number of aliphatic hydroxyl groups is 1. The van der Waals surface area contributed by atoms with Crippen molar-refractivity contribution in [1.29, 1.82) is 0 Å². The summed E-state index contributed by atoms with van der Waals surface area (Å²) in [5.41, 5.74) is 0.589. The van der Waals surface area contributed by atoms with Crippen molar-refractivity contribution < 1.29 is 19.4 Å². The number of ether oxygens (including phenoxy) is 1. The number of hydrogen-bond donors (Lipinski definition) is 1. The second kappa shape index (κ2) is 4.42. The highest BCUT2D eigenvalue weighted by Gasteiger charge is 2.62. The van der Waals surface area contributed by atoms with Crippen LogP contribution in [0.4, 0.5) is 0 Å². The third-order valence-electron chi connectivity index (χ3n) is 4.59. The first-order chi connectivity index (χ1) is 9.44. The highest BCUT2D eigenvalue weighted by atomic mass is 16.6. The van der Waals surface area contributed by atoms with Crippen molar-refractivity contribution in [3.63, 3.8) is 0 Å². The molecule has 1 N–H and O–H groups in total. The number of hydrogen-bond acceptors (Lipinski definition) is 4. The normalized spacial score (nSPS) is 29.9. The lowest BCUT2D eigenvalue weighted by atomic mass is 9.72. The van der Waals surface area contributed by atoms with Gasteiger partial charge in [0.25, 0.3) is 0 Å². The molecule has 1 aromatic rings. The van der Waals surface area contributed by atoms with E-state index in [1.807, 2.05) is 38.1 Å². The van der Waals surface area contributed by atoms with Gasteiger partial charge in [0.1, 0.15) is 0 Å². The molecule has 106 valence electrons. The molecular weight excluding hydrogens is 256 g/mol. The topological polar surface area (TPSA) is 63.6 Å². The Labute approximate surface area is 117 Å². The van der Waals surface area contributed by atoms with Crippen molar-refractivity contribution in [3.05, 3.63) is 35.4 Å². The van der Waals surface area contributed by atoms with Crippen LogP contribution in [0.25, 0.3) is 0 Å². The van der Waals surface area contributed by atoms with Crippen LogP contribution in [-0.4, -0.2) is 22.6 Å². The smallest absolute Gasteiger partial charge is 0.347 e. The Morgan fingerprint density at radius 1 is 1.20 bits per heavy atom. The minimum Gasteiger partial charge on any atom is -0.391 e. The van der Waals surface area contributed by atoms with Crippen LogP contribution in [0.5, 0.6) is 0 Å². The van der Waals surface area contributed by atoms with E-state index in [-0.39, 0.29) is 11.8 Å². The second-order valence-electron chi connectivity index (χ2n) is 6.13. The van der Waals surface area contributed by atoms with Crippen LogP contribution in [-0.2, 0) is 27.2 Å². The standard InChI is InChI=1S/C16H18O4/c1-9(2)13-14(17)20-15(18)16(13,19)12-7-10-5-3-4-6-11(10)8-12/h3-6,9,12-13,19H,7-8H2,1-2H3. The number of fused-ring (bicyclic) bond motifs is 1. The molecule has 0 spiro atoms. The Morgan fingerprint density at radius 2 is 1.75 bits per heavy atom. The van der Waals surface area contributed by atoms with Crippen molar-refractivity contribution in [2.45, 2.75) is 32.3 Å². The zero-order chi connectivity index (χ0) is 14.5. The SMILES string of the molecule is CC(C)C1C(=O)OC(=O)C1(O)C1Cc2ccccc2C1. The van der Waals surface area contributed by atoms with E-state index < -0.39 is 23.5 Å². The van der Waals surface area contributed by atoms with Crippen molar-refractivity contribution in [2.24, 2.45) is 17.8 Å². The van der Waals surface area contributed by atoms with Gasteiger partial charge in [-0.2, -0.15) is 0 Å². The zero-order valence-corrected chi connectivity index (χ0v) is 11.6. The molecule has 0 aromatic heterocycles. The molecule has 2 unspecified atom stereocenters. The van der Waals surface area contributed by atoms with Crippen LogP contribution in [0.15, 0.2) is 24.3 Å². The summed E-state index contributed by atoms with van der Waals surface area (Å²) in [5, 5.41) is 10.9. The average Bonchev–Trinajstić information content (AvgIpc) is 2.90. The highest BCUT2D eigenvalue weighted by molar-refractivity contribution is 6.01. The monoisotopic (exact) mass is 274 g/mol.